The van der Waals surface area contributed by atoms with Gasteiger partial charge in [0.15, 0.2) is 0 Å². The molecule has 0 aromatic heterocycles. The Bertz CT molecular complexity index is 1230. The number of anilines is 1. The summed E-state index contributed by atoms with van der Waals surface area (Å²) in [6.07, 6.45) is 2.11. The number of rotatable bonds is 9. The minimum absolute atomic E-state index is 0.0270. The van der Waals surface area contributed by atoms with Crippen LogP contribution in [0.1, 0.15) is 28.0 Å². The summed E-state index contributed by atoms with van der Waals surface area (Å²) in [7, 11) is 0.402. The molecule has 3 nitrogen and oxygen atoms in total. The van der Waals surface area contributed by atoms with Crippen LogP contribution in [0.5, 0.6) is 5.75 Å². The minimum atomic E-state index is -1.27. The van der Waals surface area contributed by atoms with Gasteiger partial charge in [0.2, 0.25) is 0 Å². The number of hydrogen-bond acceptors (Lipinski definition) is 4. The Kier molecular flexibility index (Phi) is 8.09. The first-order valence-electron chi connectivity index (χ1n) is 11.2. The van der Waals surface area contributed by atoms with E-state index < -0.39 is 10.8 Å². The molecule has 4 aromatic carbocycles. The standard InChI is InChI=1S/C29H29NO2S2/c1-21-13-19-25(20-14-21)34(31)27-12-8-7-11-26(27)29(33-3)28(30-23-9-5-4-6-10-23)22-15-17-24(32-2)18-16-22/h4-20,28-30H,1-3H3/t28-,29-,34-/m0/s1. The molecule has 3 atom stereocenters. The predicted octanol–water partition coefficient (Wildman–Crippen LogP) is 7.43. The van der Waals surface area contributed by atoms with Crippen LogP contribution < -0.4 is 10.1 Å². The van der Waals surface area contributed by atoms with Crippen molar-refractivity contribution in [3.63, 3.8) is 0 Å². The first-order valence-corrected chi connectivity index (χ1v) is 13.6. The first kappa shape index (κ1) is 24.1. The van der Waals surface area contributed by atoms with Gasteiger partial charge in [0.05, 0.1) is 29.2 Å². The minimum Gasteiger partial charge on any atom is -0.497 e. The molecule has 0 aliphatic carbocycles. The zero-order chi connectivity index (χ0) is 23.9. The van der Waals surface area contributed by atoms with Crippen LogP contribution in [0.2, 0.25) is 0 Å². The SMILES string of the molecule is COc1ccc([C@H](Nc2ccccc2)[C@@H](SC)c2ccccc2[S@@](=O)c2ccc(C)cc2)cc1. The van der Waals surface area contributed by atoms with Crippen molar-refractivity contribution in [1.29, 1.82) is 0 Å². The molecule has 0 aliphatic heterocycles. The van der Waals surface area contributed by atoms with Crippen molar-refractivity contribution in [3.8, 4) is 5.75 Å². The summed E-state index contributed by atoms with van der Waals surface area (Å²) in [6, 6.07) is 34.4. The maximum absolute atomic E-state index is 13.7. The molecule has 34 heavy (non-hydrogen) atoms. The quantitative estimate of drug-likeness (QED) is 0.266. The fourth-order valence-corrected chi connectivity index (χ4v) is 6.25. The summed E-state index contributed by atoms with van der Waals surface area (Å²) in [5.74, 6) is 0.823. The molecule has 0 radical (unpaired) electrons. The molecular weight excluding hydrogens is 458 g/mol. The van der Waals surface area contributed by atoms with Crippen LogP contribution in [0.4, 0.5) is 5.69 Å². The molecule has 4 aromatic rings. The Morgan fingerprint density at radius 1 is 0.824 bits per heavy atom. The summed E-state index contributed by atoms with van der Waals surface area (Å²) in [5.41, 5.74) is 4.40. The van der Waals surface area contributed by atoms with Crippen LogP contribution in [0, 0.1) is 6.92 Å². The molecule has 0 heterocycles. The summed E-state index contributed by atoms with van der Waals surface area (Å²) in [5, 5.41) is 3.76. The monoisotopic (exact) mass is 487 g/mol. The van der Waals surface area contributed by atoms with Crippen molar-refractivity contribution in [2.75, 3.05) is 18.7 Å². The van der Waals surface area contributed by atoms with E-state index in [1.807, 2.05) is 79.7 Å². The van der Waals surface area contributed by atoms with E-state index in [-0.39, 0.29) is 11.3 Å². The second-order valence-corrected chi connectivity index (χ2v) is 10.5. The average Bonchev–Trinajstić information content (AvgIpc) is 2.89. The highest BCUT2D eigenvalue weighted by molar-refractivity contribution is 7.98. The molecule has 174 valence electrons. The van der Waals surface area contributed by atoms with Crippen molar-refractivity contribution >= 4 is 28.2 Å². The number of hydrogen-bond donors (Lipinski definition) is 1. The van der Waals surface area contributed by atoms with Crippen LogP contribution in [0.3, 0.4) is 0 Å². The lowest BCUT2D eigenvalue weighted by molar-refractivity contribution is 0.414. The Morgan fingerprint density at radius 2 is 1.47 bits per heavy atom. The summed E-state index contributed by atoms with van der Waals surface area (Å²) < 4.78 is 19.0. The molecule has 0 fully saturated rings. The molecule has 0 unspecified atom stereocenters. The smallest absolute Gasteiger partial charge is 0.118 e. The van der Waals surface area contributed by atoms with Crippen molar-refractivity contribution in [2.24, 2.45) is 0 Å². The number of ether oxygens (including phenoxy) is 1. The molecule has 4 rings (SSSR count). The molecule has 5 heteroatoms. The maximum atomic E-state index is 13.7. The van der Waals surface area contributed by atoms with E-state index in [2.05, 4.69) is 41.9 Å². The Balaban J connectivity index is 1.77. The number of thioether (sulfide) groups is 1. The molecular formula is C29H29NO2S2. The van der Waals surface area contributed by atoms with Gasteiger partial charge >= 0.3 is 0 Å². The van der Waals surface area contributed by atoms with Gasteiger partial charge in [-0.1, -0.05) is 66.2 Å². The lowest BCUT2D eigenvalue weighted by atomic mass is 9.97. The highest BCUT2D eigenvalue weighted by Gasteiger charge is 2.28. The van der Waals surface area contributed by atoms with Crippen molar-refractivity contribution in [1.82, 2.24) is 0 Å². The summed E-state index contributed by atoms with van der Waals surface area (Å²) in [4.78, 5) is 1.66. The van der Waals surface area contributed by atoms with E-state index in [4.69, 9.17) is 4.74 Å². The van der Waals surface area contributed by atoms with Crippen LogP contribution >= 0.6 is 11.8 Å². The van der Waals surface area contributed by atoms with Gasteiger partial charge in [-0.25, -0.2) is 4.21 Å². The normalized spacial score (nSPS) is 13.6. The van der Waals surface area contributed by atoms with Gasteiger partial charge in [0, 0.05) is 15.5 Å². The van der Waals surface area contributed by atoms with E-state index in [0.29, 0.717) is 0 Å². The van der Waals surface area contributed by atoms with E-state index in [1.165, 1.54) is 0 Å². The highest BCUT2D eigenvalue weighted by Crippen LogP contribution is 2.43. The fraction of sp³-hybridized carbons (Fsp3) is 0.172. The molecule has 0 saturated heterocycles. The molecule has 0 bridgehead atoms. The second kappa shape index (κ2) is 11.4. The summed E-state index contributed by atoms with van der Waals surface area (Å²) >= 11 is 1.76. The predicted molar refractivity (Wildman–Crippen MR) is 144 cm³/mol. The van der Waals surface area contributed by atoms with Crippen molar-refractivity contribution in [2.45, 2.75) is 28.0 Å². The largest absolute Gasteiger partial charge is 0.497 e. The fourth-order valence-electron chi connectivity index (χ4n) is 3.97. The Morgan fingerprint density at radius 3 is 2.12 bits per heavy atom. The third kappa shape index (κ3) is 5.54. The first-order chi connectivity index (χ1) is 16.6. The molecule has 0 spiro atoms. The molecule has 1 N–H and O–H groups in total. The van der Waals surface area contributed by atoms with Gasteiger partial charge in [-0.2, -0.15) is 11.8 Å². The second-order valence-electron chi connectivity index (χ2n) is 8.04. The van der Waals surface area contributed by atoms with E-state index in [1.54, 1.807) is 18.9 Å². The van der Waals surface area contributed by atoms with Crippen LogP contribution in [0.15, 0.2) is 113 Å². The van der Waals surface area contributed by atoms with Gasteiger partial charge in [-0.3, -0.25) is 0 Å². The molecule has 0 amide bonds. The topological polar surface area (TPSA) is 38.3 Å². The number of aryl methyl sites for hydroxylation is 1. The average molecular weight is 488 g/mol. The summed E-state index contributed by atoms with van der Waals surface area (Å²) in [6.45, 7) is 2.04. The lowest BCUT2D eigenvalue weighted by Gasteiger charge is -2.30. The van der Waals surface area contributed by atoms with Crippen LogP contribution in [-0.4, -0.2) is 17.6 Å². The maximum Gasteiger partial charge on any atom is 0.118 e. The van der Waals surface area contributed by atoms with Gasteiger partial charge in [0.25, 0.3) is 0 Å². The Labute approximate surface area is 209 Å². The number of methoxy groups -OCH3 is 1. The van der Waals surface area contributed by atoms with Crippen LogP contribution in [-0.2, 0) is 10.8 Å². The van der Waals surface area contributed by atoms with Gasteiger partial charge in [0.1, 0.15) is 5.75 Å². The van der Waals surface area contributed by atoms with Gasteiger partial charge in [-0.05, 0) is 66.8 Å². The van der Waals surface area contributed by atoms with E-state index >= 15 is 0 Å². The Hall–Kier alpha value is -3.02. The van der Waals surface area contributed by atoms with Crippen LogP contribution in [0.25, 0.3) is 0 Å². The highest BCUT2D eigenvalue weighted by atomic mass is 32.2. The zero-order valence-corrected chi connectivity index (χ0v) is 21.2. The zero-order valence-electron chi connectivity index (χ0n) is 19.6. The van der Waals surface area contributed by atoms with Crippen molar-refractivity contribution in [3.05, 3.63) is 120 Å². The molecule has 0 saturated carbocycles. The third-order valence-electron chi connectivity index (χ3n) is 5.79. The number of para-hydroxylation sites is 1. The number of benzene rings is 4. The van der Waals surface area contributed by atoms with E-state index in [9.17, 15) is 4.21 Å². The van der Waals surface area contributed by atoms with E-state index in [0.717, 1.165) is 37.9 Å². The third-order valence-corrected chi connectivity index (χ3v) is 8.29. The molecule has 0 aliphatic rings. The lowest BCUT2D eigenvalue weighted by Crippen LogP contribution is -2.19. The van der Waals surface area contributed by atoms with Gasteiger partial charge in [-0.15, -0.1) is 0 Å². The van der Waals surface area contributed by atoms with Gasteiger partial charge < -0.3 is 10.1 Å². The van der Waals surface area contributed by atoms with Crippen molar-refractivity contribution < 1.29 is 8.95 Å². The number of nitrogens with one attached hydrogen (secondary N) is 1.